The number of piperidine rings is 1. The first-order chi connectivity index (χ1) is 11.5. The molecule has 1 fully saturated rings. The molecular weight excluding hydrogens is 332 g/mol. The Morgan fingerprint density at radius 3 is 2.88 bits per heavy atom. The minimum atomic E-state index is -3.79. The van der Waals surface area contributed by atoms with Crippen molar-refractivity contribution in [2.24, 2.45) is 0 Å². The fourth-order valence-corrected chi connectivity index (χ4v) is 4.52. The lowest BCUT2D eigenvalue weighted by molar-refractivity contribution is -0.125. The van der Waals surface area contributed by atoms with Crippen molar-refractivity contribution in [2.45, 2.75) is 30.2 Å². The van der Waals surface area contributed by atoms with Gasteiger partial charge in [0.1, 0.15) is 12.4 Å². The van der Waals surface area contributed by atoms with Crippen LogP contribution >= 0.6 is 0 Å². The molecule has 0 bridgehead atoms. The second kappa shape index (κ2) is 6.65. The highest BCUT2D eigenvalue weighted by atomic mass is 32.2. The summed E-state index contributed by atoms with van der Waals surface area (Å²) in [5.74, 6) is -0.282. The molecule has 1 N–H and O–H groups in total. The van der Waals surface area contributed by atoms with Gasteiger partial charge in [-0.3, -0.25) is 4.79 Å². The van der Waals surface area contributed by atoms with Gasteiger partial charge in [-0.25, -0.2) is 13.1 Å². The molecule has 2 heterocycles. The van der Waals surface area contributed by atoms with Crippen LogP contribution in [-0.2, 0) is 14.8 Å². The van der Waals surface area contributed by atoms with Crippen molar-refractivity contribution in [1.82, 2.24) is 29.8 Å². The van der Waals surface area contributed by atoms with E-state index in [9.17, 15) is 13.2 Å². The highest BCUT2D eigenvalue weighted by molar-refractivity contribution is 7.89. The summed E-state index contributed by atoms with van der Waals surface area (Å²) in [6.45, 7) is 0.329. The van der Waals surface area contributed by atoms with Crippen LogP contribution in [0.2, 0.25) is 0 Å². The number of rotatable bonds is 4. The van der Waals surface area contributed by atoms with Gasteiger partial charge in [0, 0.05) is 13.6 Å². The molecule has 3 rings (SSSR count). The largest absolute Gasteiger partial charge is 0.358 e. The number of hydrogen-bond acceptors (Lipinski definition) is 6. The first-order valence-corrected chi connectivity index (χ1v) is 9.05. The number of hydrogen-bond donors (Lipinski definition) is 1. The Hall–Kier alpha value is -2.33. The number of nitrogens with one attached hydrogen (secondary N) is 1. The van der Waals surface area contributed by atoms with E-state index < -0.39 is 16.1 Å². The fourth-order valence-electron chi connectivity index (χ4n) is 2.82. The maximum Gasteiger partial charge on any atom is 0.243 e. The van der Waals surface area contributed by atoms with Crippen LogP contribution in [0.3, 0.4) is 0 Å². The molecule has 0 aliphatic carbocycles. The molecule has 1 saturated heterocycles. The first kappa shape index (κ1) is 16.5. The van der Waals surface area contributed by atoms with Crippen LogP contribution in [0.5, 0.6) is 0 Å². The Morgan fingerprint density at radius 1 is 1.33 bits per heavy atom. The van der Waals surface area contributed by atoms with Gasteiger partial charge < -0.3 is 5.32 Å². The Bertz CT molecular complexity index is 821. The monoisotopic (exact) mass is 350 g/mol. The summed E-state index contributed by atoms with van der Waals surface area (Å²) in [7, 11) is -2.28. The zero-order valence-corrected chi connectivity index (χ0v) is 14.0. The number of nitrogens with zero attached hydrogens (tertiary/aromatic N) is 5. The molecular formula is C14H18N6O3S. The van der Waals surface area contributed by atoms with Gasteiger partial charge in [0.15, 0.2) is 0 Å². The number of likely N-dealkylation sites (N-methyl/N-ethyl adjacent to an activating group) is 1. The Labute approximate surface area is 139 Å². The zero-order chi connectivity index (χ0) is 17.2. The molecule has 0 radical (unpaired) electrons. The summed E-state index contributed by atoms with van der Waals surface area (Å²) in [6, 6.07) is 5.68. The van der Waals surface area contributed by atoms with Crippen LogP contribution in [0.1, 0.15) is 19.3 Å². The molecule has 9 nitrogen and oxygen atoms in total. The van der Waals surface area contributed by atoms with E-state index >= 15 is 0 Å². The highest BCUT2D eigenvalue weighted by Crippen LogP contribution is 2.26. The van der Waals surface area contributed by atoms with Crippen LogP contribution in [-0.4, -0.2) is 58.5 Å². The Kier molecular flexibility index (Phi) is 4.58. The van der Waals surface area contributed by atoms with Gasteiger partial charge in [-0.05, 0) is 41.5 Å². The maximum absolute atomic E-state index is 13.0. The van der Waals surface area contributed by atoms with Crippen molar-refractivity contribution in [1.29, 1.82) is 0 Å². The molecule has 0 saturated carbocycles. The molecule has 0 unspecified atom stereocenters. The van der Waals surface area contributed by atoms with Gasteiger partial charge >= 0.3 is 0 Å². The number of carbonyl (C=O) groups excluding carboxylic acids is 1. The summed E-state index contributed by atoms with van der Waals surface area (Å²) in [5, 5.41) is 13.4. The number of carbonyl (C=O) groups is 1. The number of tetrazole rings is 1. The van der Waals surface area contributed by atoms with Crippen molar-refractivity contribution in [2.75, 3.05) is 13.6 Å². The number of amides is 1. The summed E-state index contributed by atoms with van der Waals surface area (Å²) in [6.07, 6.45) is 3.47. The summed E-state index contributed by atoms with van der Waals surface area (Å²) in [4.78, 5) is 12.2. The molecule has 10 heteroatoms. The third kappa shape index (κ3) is 3.02. The van der Waals surface area contributed by atoms with Gasteiger partial charge in [-0.1, -0.05) is 12.5 Å². The lowest BCUT2D eigenvalue weighted by Crippen LogP contribution is -2.51. The van der Waals surface area contributed by atoms with Crippen molar-refractivity contribution in [3.63, 3.8) is 0 Å². The van der Waals surface area contributed by atoms with Crippen LogP contribution < -0.4 is 5.32 Å². The van der Waals surface area contributed by atoms with Gasteiger partial charge in [0.2, 0.25) is 15.9 Å². The molecule has 2 aromatic rings. The first-order valence-electron chi connectivity index (χ1n) is 7.61. The van der Waals surface area contributed by atoms with Crippen LogP contribution in [0.25, 0.3) is 5.69 Å². The van der Waals surface area contributed by atoms with E-state index in [4.69, 9.17) is 0 Å². The van der Waals surface area contributed by atoms with Gasteiger partial charge in [-0.15, -0.1) is 5.10 Å². The van der Waals surface area contributed by atoms with E-state index in [-0.39, 0.29) is 10.8 Å². The molecule has 1 aromatic heterocycles. The lowest BCUT2D eigenvalue weighted by Gasteiger charge is -2.33. The molecule has 1 amide bonds. The third-order valence-corrected chi connectivity index (χ3v) is 5.94. The smallest absolute Gasteiger partial charge is 0.243 e. The molecule has 0 spiro atoms. The average Bonchev–Trinajstić information content (AvgIpc) is 3.16. The van der Waals surface area contributed by atoms with Gasteiger partial charge in [-0.2, -0.15) is 4.31 Å². The third-order valence-electron chi connectivity index (χ3n) is 4.04. The highest BCUT2D eigenvalue weighted by Gasteiger charge is 2.37. The predicted molar refractivity (Wildman–Crippen MR) is 84.8 cm³/mol. The Morgan fingerprint density at radius 2 is 2.17 bits per heavy atom. The maximum atomic E-state index is 13.0. The predicted octanol–water partition coefficient (Wildman–Crippen LogP) is -0.0485. The standard InChI is InChI=1S/C14H18N6O3S/c1-15-14(21)13-7-2-3-8-20(13)24(22,23)12-6-4-5-11(9-12)19-10-16-17-18-19/h4-6,9-10,13H,2-3,7-8H2,1H3,(H,15,21)/t13-/m0/s1. The quantitative estimate of drug-likeness (QED) is 0.828. The molecule has 24 heavy (non-hydrogen) atoms. The molecule has 1 aromatic carbocycles. The average molecular weight is 350 g/mol. The summed E-state index contributed by atoms with van der Waals surface area (Å²) < 4.78 is 28.7. The lowest BCUT2D eigenvalue weighted by atomic mass is 10.0. The van der Waals surface area contributed by atoms with Gasteiger partial charge in [0.05, 0.1) is 10.6 Å². The normalized spacial score (nSPS) is 19.1. The number of sulfonamides is 1. The zero-order valence-electron chi connectivity index (χ0n) is 13.2. The summed E-state index contributed by atoms with van der Waals surface area (Å²) >= 11 is 0. The van der Waals surface area contributed by atoms with E-state index in [0.717, 1.165) is 12.8 Å². The SMILES string of the molecule is CNC(=O)[C@@H]1CCCCN1S(=O)(=O)c1cccc(-n2cnnn2)c1. The molecule has 128 valence electrons. The van der Waals surface area contributed by atoms with E-state index in [1.54, 1.807) is 12.1 Å². The topological polar surface area (TPSA) is 110 Å². The van der Waals surface area contributed by atoms with E-state index in [1.165, 1.54) is 34.5 Å². The molecule has 1 atom stereocenters. The molecule has 1 aliphatic rings. The minimum Gasteiger partial charge on any atom is -0.358 e. The van der Waals surface area contributed by atoms with Crippen molar-refractivity contribution in [3.8, 4) is 5.69 Å². The number of benzene rings is 1. The fraction of sp³-hybridized carbons (Fsp3) is 0.429. The van der Waals surface area contributed by atoms with Crippen molar-refractivity contribution in [3.05, 3.63) is 30.6 Å². The second-order valence-corrected chi connectivity index (χ2v) is 7.38. The minimum absolute atomic E-state index is 0.117. The van der Waals surface area contributed by atoms with E-state index in [0.29, 0.717) is 18.7 Å². The molecule has 1 aliphatic heterocycles. The van der Waals surface area contributed by atoms with Crippen LogP contribution in [0.15, 0.2) is 35.5 Å². The van der Waals surface area contributed by atoms with E-state index in [1.807, 2.05) is 0 Å². The van der Waals surface area contributed by atoms with Gasteiger partial charge in [0.25, 0.3) is 0 Å². The van der Waals surface area contributed by atoms with Crippen LogP contribution in [0, 0.1) is 0 Å². The Balaban J connectivity index is 1.97. The van der Waals surface area contributed by atoms with E-state index in [2.05, 4.69) is 20.8 Å². The summed E-state index contributed by atoms with van der Waals surface area (Å²) in [5.41, 5.74) is 0.537. The van der Waals surface area contributed by atoms with Crippen LogP contribution in [0.4, 0.5) is 0 Å². The van der Waals surface area contributed by atoms with Crippen molar-refractivity contribution >= 4 is 15.9 Å². The second-order valence-electron chi connectivity index (χ2n) is 5.49. The van der Waals surface area contributed by atoms with Crippen molar-refractivity contribution < 1.29 is 13.2 Å². The number of aromatic nitrogens is 4.